The molecule has 0 bridgehead atoms. The van der Waals surface area contributed by atoms with E-state index in [1.54, 1.807) is 14.2 Å². The van der Waals surface area contributed by atoms with Gasteiger partial charge in [-0.3, -0.25) is 9.69 Å². The Hall–Kier alpha value is -2.44. The topological polar surface area (TPSA) is 54.0 Å². The predicted octanol–water partition coefficient (Wildman–Crippen LogP) is 5.29. The summed E-state index contributed by atoms with van der Waals surface area (Å²) in [5.74, 6) is 1.71. The van der Waals surface area contributed by atoms with Gasteiger partial charge in [-0.05, 0) is 74.4 Å². The average molecular weight is 500 g/mol. The number of nitrogens with one attached hydrogen (secondary N) is 1. The number of piperidine rings is 1. The van der Waals surface area contributed by atoms with E-state index in [2.05, 4.69) is 53.2 Å². The van der Waals surface area contributed by atoms with Gasteiger partial charge in [-0.25, -0.2) is 0 Å². The summed E-state index contributed by atoms with van der Waals surface area (Å²) in [6.07, 6.45) is 4.86. The number of hydrogen-bond acceptors (Lipinski definition) is 5. The van der Waals surface area contributed by atoms with Crippen LogP contribution in [0.5, 0.6) is 11.5 Å². The number of anilines is 1. The summed E-state index contributed by atoms with van der Waals surface area (Å²) in [5, 5.41) is 3.31. The number of fused-ring (bicyclic) bond motifs is 1. The van der Waals surface area contributed by atoms with Crippen LogP contribution in [0.3, 0.4) is 0 Å². The summed E-state index contributed by atoms with van der Waals surface area (Å²) in [4.78, 5) is 16.6. The first-order valence-corrected chi connectivity index (χ1v) is 13.1. The van der Waals surface area contributed by atoms with Gasteiger partial charge in [-0.1, -0.05) is 17.7 Å². The molecule has 0 radical (unpaired) electrons. The molecule has 0 aromatic heterocycles. The van der Waals surface area contributed by atoms with Gasteiger partial charge in [0.25, 0.3) is 0 Å². The van der Waals surface area contributed by atoms with Crippen LogP contribution in [0.15, 0.2) is 30.3 Å². The maximum absolute atomic E-state index is 11.4. The SMILES string of the molecule is CNC(=O)CCCOc1ccc([C@H]2CCC[C@H]3CN(c4ccc(Cl)c(OC)c4)CCN32)c(C)c1C. The third kappa shape index (κ3) is 5.70. The highest BCUT2D eigenvalue weighted by Crippen LogP contribution is 2.40. The first kappa shape index (κ1) is 25.6. The van der Waals surface area contributed by atoms with Crippen LogP contribution in [-0.4, -0.2) is 57.2 Å². The molecule has 2 aromatic rings. The maximum atomic E-state index is 11.4. The number of rotatable bonds is 8. The summed E-state index contributed by atoms with van der Waals surface area (Å²) >= 11 is 6.25. The second-order valence-corrected chi connectivity index (χ2v) is 10.0. The van der Waals surface area contributed by atoms with Gasteiger partial charge >= 0.3 is 0 Å². The van der Waals surface area contributed by atoms with E-state index in [9.17, 15) is 4.79 Å². The Morgan fingerprint density at radius 1 is 1.11 bits per heavy atom. The third-order valence-corrected chi connectivity index (χ3v) is 7.98. The van der Waals surface area contributed by atoms with Crippen molar-refractivity contribution in [2.75, 3.05) is 45.3 Å². The molecule has 2 saturated heterocycles. The molecule has 1 N–H and O–H groups in total. The summed E-state index contributed by atoms with van der Waals surface area (Å²) in [7, 11) is 3.33. The van der Waals surface area contributed by atoms with Gasteiger partial charge in [0.1, 0.15) is 11.5 Å². The largest absolute Gasteiger partial charge is 0.495 e. The molecule has 2 atom stereocenters. The van der Waals surface area contributed by atoms with Gasteiger partial charge in [-0.15, -0.1) is 0 Å². The molecule has 0 spiro atoms. The molecule has 35 heavy (non-hydrogen) atoms. The van der Waals surface area contributed by atoms with Crippen LogP contribution in [0, 0.1) is 13.8 Å². The van der Waals surface area contributed by atoms with Crippen LogP contribution in [-0.2, 0) is 4.79 Å². The molecule has 0 saturated carbocycles. The summed E-state index contributed by atoms with van der Waals surface area (Å²) in [6.45, 7) is 7.97. The van der Waals surface area contributed by atoms with E-state index in [1.165, 1.54) is 41.6 Å². The zero-order valence-electron chi connectivity index (χ0n) is 21.4. The molecule has 2 aliphatic heterocycles. The number of benzene rings is 2. The van der Waals surface area contributed by atoms with Crippen LogP contribution in [0.2, 0.25) is 5.02 Å². The quantitative estimate of drug-likeness (QED) is 0.500. The molecule has 2 heterocycles. The zero-order valence-corrected chi connectivity index (χ0v) is 22.2. The molecule has 7 heteroatoms. The van der Waals surface area contributed by atoms with Gasteiger partial charge in [0, 0.05) is 56.9 Å². The lowest BCUT2D eigenvalue weighted by molar-refractivity contribution is -0.120. The number of hydrogen-bond donors (Lipinski definition) is 1. The Morgan fingerprint density at radius 3 is 2.71 bits per heavy atom. The standard InChI is InChI=1S/C28H38ClN3O3/c1-19-20(2)26(35-16-6-9-28(33)30-3)13-11-23(19)25-8-5-7-22-18-31(14-15-32(22)25)21-10-12-24(29)27(17-21)34-4/h10-13,17,22,25H,5-9,14-16,18H2,1-4H3,(H,30,33)/t22-,25+/m0/s1. The highest BCUT2D eigenvalue weighted by atomic mass is 35.5. The molecule has 0 aliphatic carbocycles. The Bertz CT molecular complexity index is 1040. The lowest BCUT2D eigenvalue weighted by Crippen LogP contribution is -2.56. The van der Waals surface area contributed by atoms with E-state index in [4.69, 9.17) is 21.1 Å². The minimum Gasteiger partial charge on any atom is -0.495 e. The highest BCUT2D eigenvalue weighted by molar-refractivity contribution is 6.32. The van der Waals surface area contributed by atoms with Gasteiger partial charge in [0.2, 0.25) is 5.91 Å². The van der Waals surface area contributed by atoms with Crippen molar-refractivity contribution >= 4 is 23.2 Å². The van der Waals surface area contributed by atoms with Crippen LogP contribution in [0.4, 0.5) is 5.69 Å². The summed E-state index contributed by atoms with van der Waals surface area (Å²) < 4.78 is 11.5. The second-order valence-electron chi connectivity index (χ2n) is 9.63. The molecule has 2 fully saturated rings. The van der Waals surface area contributed by atoms with Crippen LogP contribution in [0.1, 0.15) is 54.8 Å². The van der Waals surface area contributed by atoms with E-state index >= 15 is 0 Å². The monoisotopic (exact) mass is 499 g/mol. The molecular formula is C28H38ClN3O3. The average Bonchev–Trinajstić information content (AvgIpc) is 2.88. The van der Waals surface area contributed by atoms with E-state index in [0.29, 0.717) is 36.6 Å². The number of carbonyl (C=O) groups is 1. The maximum Gasteiger partial charge on any atom is 0.219 e. The first-order valence-electron chi connectivity index (χ1n) is 12.7. The number of nitrogens with zero attached hydrogens (tertiary/aromatic N) is 2. The minimum absolute atomic E-state index is 0.0546. The molecular weight excluding hydrogens is 462 g/mol. The Labute approximate surface area is 214 Å². The fourth-order valence-corrected chi connectivity index (χ4v) is 5.73. The molecule has 2 aromatic carbocycles. The van der Waals surface area contributed by atoms with E-state index in [1.807, 2.05) is 6.07 Å². The highest BCUT2D eigenvalue weighted by Gasteiger charge is 2.36. The molecule has 2 aliphatic rings. The fraction of sp³-hybridized carbons (Fsp3) is 0.536. The van der Waals surface area contributed by atoms with Crippen molar-refractivity contribution in [3.05, 3.63) is 52.0 Å². The summed E-state index contributed by atoms with van der Waals surface area (Å²) in [6, 6.07) is 11.4. The Balaban J connectivity index is 1.44. The van der Waals surface area contributed by atoms with Crippen molar-refractivity contribution < 1.29 is 14.3 Å². The smallest absolute Gasteiger partial charge is 0.219 e. The fourth-order valence-electron chi connectivity index (χ4n) is 5.54. The van der Waals surface area contributed by atoms with Crippen molar-refractivity contribution in [3.8, 4) is 11.5 Å². The Kier molecular flexibility index (Phi) is 8.45. The van der Waals surface area contributed by atoms with E-state index in [-0.39, 0.29) is 5.91 Å². The molecule has 0 unspecified atom stereocenters. The minimum atomic E-state index is 0.0546. The number of carbonyl (C=O) groups excluding carboxylic acids is 1. The first-order chi connectivity index (χ1) is 16.9. The van der Waals surface area contributed by atoms with Crippen LogP contribution < -0.4 is 19.7 Å². The molecule has 190 valence electrons. The van der Waals surface area contributed by atoms with E-state index < -0.39 is 0 Å². The van der Waals surface area contributed by atoms with Crippen LogP contribution in [0.25, 0.3) is 0 Å². The zero-order chi connectivity index (χ0) is 24.9. The summed E-state index contributed by atoms with van der Waals surface area (Å²) in [5.41, 5.74) is 5.13. The van der Waals surface area contributed by atoms with E-state index in [0.717, 1.165) is 31.1 Å². The van der Waals surface area contributed by atoms with Crippen molar-refractivity contribution in [2.45, 2.75) is 58.0 Å². The van der Waals surface area contributed by atoms with Crippen molar-refractivity contribution in [3.63, 3.8) is 0 Å². The number of ether oxygens (including phenoxy) is 2. The van der Waals surface area contributed by atoms with Gasteiger partial charge in [0.05, 0.1) is 18.7 Å². The number of amides is 1. The van der Waals surface area contributed by atoms with Gasteiger partial charge in [-0.2, -0.15) is 0 Å². The molecule has 6 nitrogen and oxygen atoms in total. The van der Waals surface area contributed by atoms with Crippen molar-refractivity contribution in [2.24, 2.45) is 0 Å². The van der Waals surface area contributed by atoms with Crippen LogP contribution >= 0.6 is 11.6 Å². The number of methoxy groups -OCH3 is 1. The lowest BCUT2D eigenvalue weighted by Gasteiger charge is -2.49. The molecule has 1 amide bonds. The number of piperazine rings is 1. The second kappa shape index (κ2) is 11.5. The molecule has 4 rings (SSSR count). The van der Waals surface area contributed by atoms with Gasteiger partial charge in [0.15, 0.2) is 0 Å². The predicted molar refractivity (Wildman–Crippen MR) is 142 cm³/mol. The normalized spacial score (nSPS) is 20.3. The Morgan fingerprint density at radius 2 is 1.94 bits per heavy atom. The number of halogens is 1. The third-order valence-electron chi connectivity index (χ3n) is 7.67. The lowest BCUT2D eigenvalue weighted by atomic mass is 9.86. The van der Waals surface area contributed by atoms with Crippen molar-refractivity contribution in [1.82, 2.24) is 10.2 Å². The van der Waals surface area contributed by atoms with Crippen molar-refractivity contribution in [1.29, 1.82) is 0 Å². The van der Waals surface area contributed by atoms with Gasteiger partial charge < -0.3 is 19.7 Å².